The Bertz CT molecular complexity index is 1490. The molecule has 0 saturated heterocycles. The number of nitrogens with zero attached hydrogens (tertiary/aromatic N) is 4. The van der Waals surface area contributed by atoms with Crippen molar-refractivity contribution in [3.05, 3.63) is 76.5 Å². The Morgan fingerprint density at radius 1 is 1.16 bits per heavy atom. The molecular weight excluding hydrogens is 524 g/mol. The lowest BCUT2D eigenvalue weighted by molar-refractivity contribution is 0.0898. The number of ether oxygens (including phenoxy) is 1. The number of nitrogens with one attached hydrogen (secondary N) is 3. The summed E-state index contributed by atoms with van der Waals surface area (Å²) in [6.07, 6.45) is 5.33. The zero-order chi connectivity index (χ0) is 27.4. The molecule has 14 heteroatoms. The molecule has 0 aliphatic carbocycles. The van der Waals surface area contributed by atoms with Crippen molar-refractivity contribution in [3.63, 3.8) is 0 Å². The van der Waals surface area contributed by atoms with Gasteiger partial charge in [-0.15, -0.1) is 0 Å². The van der Waals surface area contributed by atoms with E-state index in [-0.39, 0.29) is 39.2 Å². The molecule has 0 radical (unpaired) electrons. The molecule has 38 heavy (non-hydrogen) atoms. The van der Waals surface area contributed by atoms with E-state index >= 15 is 4.39 Å². The summed E-state index contributed by atoms with van der Waals surface area (Å²) >= 11 is 6.09. The monoisotopic (exact) mass is 545 g/mol. The van der Waals surface area contributed by atoms with Gasteiger partial charge in [-0.1, -0.05) is 18.5 Å². The van der Waals surface area contributed by atoms with Gasteiger partial charge in [-0.25, -0.2) is 23.7 Å². The zero-order valence-electron chi connectivity index (χ0n) is 20.4. The van der Waals surface area contributed by atoms with Crippen LogP contribution in [-0.2, 0) is 6.42 Å². The second-order valence-electron chi connectivity index (χ2n) is 8.03. The van der Waals surface area contributed by atoms with E-state index in [9.17, 15) is 14.0 Å². The number of aryl methyl sites for hydroxylation is 1. The number of aromatic nitrogens is 4. The first-order valence-electron chi connectivity index (χ1n) is 11.3. The maximum Gasteiger partial charge on any atom is 0.334 e. The molecule has 3 N–H and O–H groups in total. The van der Waals surface area contributed by atoms with Crippen molar-refractivity contribution >= 4 is 23.5 Å². The van der Waals surface area contributed by atoms with Gasteiger partial charge in [0, 0.05) is 28.5 Å². The van der Waals surface area contributed by atoms with Gasteiger partial charge >= 0.3 is 11.9 Å². The van der Waals surface area contributed by atoms with Gasteiger partial charge in [-0.2, -0.15) is 5.10 Å². The van der Waals surface area contributed by atoms with Gasteiger partial charge in [0.25, 0.3) is 5.88 Å². The summed E-state index contributed by atoms with van der Waals surface area (Å²) in [6.45, 7) is 3.43. The van der Waals surface area contributed by atoms with Gasteiger partial charge in [0.15, 0.2) is 5.82 Å². The first-order valence-corrected chi connectivity index (χ1v) is 11.6. The van der Waals surface area contributed by atoms with Crippen molar-refractivity contribution in [2.75, 3.05) is 7.11 Å². The Morgan fingerprint density at radius 3 is 2.61 bits per heavy atom. The van der Waals surface area contributed by atoms with E-state index in [1.165, 1.54) is 37.0 Å². The number of halogens is 3. The third kappa shape index (κ3) is 5.72. The van der Waals surface area contributed by atoms with Gasteiger partial charge < -0.3 is 14.6 Å². The standard InChI is InChI=1S/C24H22ClF2N7O4/c1-4-13-9-29-34(11-13)22-16(6-15(25)7-18(22)27)14-5-17(26)21(28-10-14)12(2)30-24(36)32-31-23(35)19-8-20(37-3)33-38-19/h5-12H,4H2,1-3H3,(H,31,35)(H2,30,32,36)/t12-/m1/s1. The van der Waals surface area contributed by atoms with E-state index in [0.29, 0.717) is 6.42 Å². The summed E-state index contributed by atoms with van der Waals surface area (Å²) in [5.41, 5.74) is 5.65. The van der Waals surface area contributed by atoms with E-state index in [0.717, 1.165) is 17.7 Å². The lowest BCUT2D eigenvalue weighted by atomic mass is 10.0. The number of benzene rings is 1. The first kappa shape index (κ1) is 26.5. The molecule has 4 rings (SSSR count). The number of hydrogen-bond acceptors (Lipinski definition) is 7. The van der Waals surface area contributed by atoms with E-state index in [1.807, 2.05) is 6.92 Å². The Kier molecular flexibility index (Phi) is 7.86. The molecule has 3 heterocycles. The highest BCUT2D eigenvalue weighted by molar-refractivity contribution is 6.31. The lowest BCUT2D eigenvalue weighted by Gasteiger charge is -2.16. The van der Waals surface area contributed by atoms with E-state index in [4.69, 9.17) is 20.9 Å². The molecule has 4 aromatic rings. The molecule has 0 bridgehead atoms. The maximum absolute atomic E-state index is 15.1. The fraction of sp³-hybridized carbons (Fsp3) is 0.208. The zero-order valence-corrected chi connectivity index (χ0v) is 21.1. The van der Waals surface area contributed by atoms with Crippen LogP contribution >= 0.6 is 11.6 Å². The van der Waals surface area contributed by atoms with Gasteiger partial charge in [0.2, 0.25) is 5.76 Å². The lowest BCUT2D eigenvalue weighted by Crippen LogP contribution is -2.47. The molecule has 198 valence electrons. The number of pyridine rings is 1. The van der Waals surface area contributed by atoms with Gasteiger partial charge in [-0.3, -0.25) is 15.2 Å². The highest BCUT2D eigenvalue weighted by Crippen LogP contribution is 2.33. The fourth-order valence-corrected chi connectivity index (χ4v) is 3.74. The van der Waals surface area contributed by atoms with E-state index in [2.05, 4.69) is 31.4 Å². The topological polar surface area (TPSA) is 136 Å². The van der Waals surface area contributed by atoms with Crippen molar-refractivity contribution in [2.24, 2.45) is 0 Å². The van der Waals surface area contributed by atoms with Gasteiger partial charge in [0.05, 0.1) is 31.1 Å². The molecule has 0 aliphatic heterocycles. The minimum Gasteiger partial charge on any atom is -0.479 e. The van der Waals surface area contributed by atoms with Crippen LogP contribution in [0.4, 0.5) is 13.6 Å². The summed E-state index contributed by atoms with van der Waals surface area (Å²) in [6, 6.07) is 3.29. The van der Waals surface area contributed by atoms with Crippen LogP contribution in [-0.4, -0.2) is 39.0 Å². The summed E-state index contributed by atoms with van der Waals surface area (Å²) in [5, 5.41) is 10.3. The van der Waals surface area contributed by atoms with E-state index in [1.54, 1.807) is 12.4 Å². The number of hydrogen-bond donors (Lipinski definition) is 3. The van der Waals surface area contributed by atoms with Crippen molar-refractivity contribution in [3.8, 4) is 22.7 Å². The molecule has 0 unspecified atom stereocenters. The molecule has 0 saturated carbocycles. The summed E-state index contributed by atoms with van der Waals surface area (Å²) < 4.78 is 41.0. The van der Waals surface area contributed by atoms with Crippen LogP contribution in [0.5, 0.6) is 5.88 Å². The Balaban J connectivity index is 1.49. The van der Waals surface area contributed by atoms with Crippen LogP contribution in [0.2, 0.25) is 5.02 Å². The molecule has 1 aromatic carbocycles. The number of carbonyl (C=O) groups is 2. The van der Waals surface area contributed by atoms with Crippen LogP contribution in [0.15, 0.2) is 47.4 Å². The highest BCUT2D eigenvalue weighted by Gasteiger charge is 2.21. The summed E-state index contributed by atoms with van der Waals surface area (Å²) in [5.74, 6) is -2.29. The molecule has 0 aliphatic rings. The Morgan fingerprint density at radius 2 is 1.95 bits per heavy atom. The predicted molar refractivity (Wildman–Crippen MR) is 132 cm³/mol. The minimum atomic E-state index is -0.903. The van der Waals surface area contributed by atoms with Crippen LogP contribution in [0, 0.1) is 11.6 Å². The Hall–Kier alpha value is -4.52. The van der Waals surface area contributed by atoms with Crippen LogP contribution in [0.1, 0.15) is 41.7 Å². The average Bonchev–Trinajstić information content (AvgIpc) is 3.56. The molecule has 3 aromatic heterocycles. The maximum atomic E-state index is 15.1. The van der Waals surface area contributed by atoms with Crippen LogP contribution < -0.4 is 20.9 Å². The summed E-state index contributed by atoms with van der Waals surface area (Å²) in [4.78, 5) is 28.3. The van der Waals surface area contributed by atoms with Crippen LogP contribution in [0.3, 0.4) is 0 Å². The second kappa shape index (κ2) is 11.3. The van der Waals surface area contributed by atoms with Crippen molar-refractivity contribution < 1.29 is 27.6 Å². The van der Waals surface area contributed by atoms with Gasteiger partial charge in [-0.05, 0) is 42.3 Å². The number of hydrazine groups is 1. The van der Waals surface area contributed by atoms with Gasteiger partial charge in [0.1, 0.15) is 11.5 Å². The summed E-state index contributed by atoms with van der Waals surface area (Å²) in [7, 11) is 1.35. The SMILES string of the molecule is CCc1cnn(-c2c(F)cc(Cl)cc2-c2cnc([C@@H](C)NC(=O)NNC(=O)c3cc(OC)no3)c(F)c2)c1. The number of rotatable bonds is 7. The first-order chi connectivity index (χ1) is 18.2. The Labute approximate surface area is 220 Å². The fourth-order valence-electron chi connectivity index (χ4n) is 3.54. The molecule has 3 amide bonds. The number of carbonyl (C=O) groups excluding carboxylic acids is 2. The van der Waals surface area contributed by atoms with Crippen LogP contribution in [0.25, 0.3) is 16.8 Å². The second-order valence-corrected chi connectivity index (χ2v) is 8.47. The smallest absolute Gasteiger partial charge is 0.334 e. The number of urea groups is 1. The molecular formula is C24H22ClF2N7O4. The number of amides is 3. The van der Waals surface area contributed by atoms with E-state index < -0.39 is 29.6 Å². The number of methoxy groups -OCH3 is 1. The third-order valence-electron chi connectivity index (χ3n) is 5.45. The molecule has 0 spiro atoms. The third-order valence-corrected chi connectivity index (χ3v) is 5.67. The van der Waals surface area contributed by atoms with Crippen molar-refractivity contribution in [1.82, 2.24) is 36.1 Å². The highest BCUT2D eigenvalue weighted by atomic mass is 35.5. The largest absolute Gasteiger partial charge is 0.479 e. The quantitative estimate of drug-likeness (QED) is 0.297. The predicted octanol–water partition coefficient (Wildman–Crippen LogP) is 4.13. The normalized spacial score (nSPS) is 11.6. The minimum absolute atomic E-state index is 0.0844. The molecule has 0 fully saturated rings. The average molecular weight is 546 g/mol. The van der Waals surface area contributed by atoms with Crippen molar-refractivity contribution in [2.45, 2.75) is 26.3 Å². The molecule has 11 nitrogen and oxygen atoms in total. The van der Waals surface area contributed by atoms with Crippen molar-refractivity contribution in [1.29, 1.82) is 0 Å². The molecule has 1 atom stereocenters.